The van der Waals surface area contributed by atoms with Crippen LogP contribution in [-0.4, -0.2) is 67.9 Å². The second-order valence-corrected chi connectivity index (χ2v) is 7.10. The molecule has 2 heterocycles. The van der Waals surface area contributed by atoms with Gasteiger partial charge in [0.25, 0.3) is 0 Å². The SMILES string of the molecule is CNc1ncc(S(=O)(=O)N(C)CC2CCCN2C)cn1. The fourth-order valence-corrected chi connectivity index (χ4v) is 3.46. The Balaban J connectivity index is 2.11. The molecule has 20 heavy (non-hydrogen) atoms. The summed E-state index contributed by atoms with van der Waals surface area (Å²) in [5.74, 6) is 0.405. The van der Waals surface area contributed by atoms with Gasteiger partial charge in [0, 0.05) is 26.7 Å². The van der Waals surface area contributed by atoms with Crippen LogP contribution < -0.4 is 5.32 Å². The largest absolute Gasteiger partial charge is 0.357 e. The minimum atomic E-state index is -3.52. The number of nitrogens with zero attached hydrogens (tertiary/aromatic N) is 4. The summed E-state index contributed by atoms with van der Waals surface area (Å²) in [5, 5.41) is 2.76. The Morgan fingerprint density at radius 1 is 1.45 bits per heavy atom. The zero-order valence-corrected chi connectivity index (χ0v) is 12.9. The summed E-state index contributed by atoms with van der Waals surface area (Å²) in [6, 6.07) is 0.285. The van der Waals surface area contributed by atoms with Gasteiger partial charge in [-0.1, -0.05) is 0 Å². The first kappa shape index (κ1) is 15.1. The van der Waals surface area contributed by atoms with Crippen LogP contribution in [0.15, 0.2) is 17.3 Å². The van der Waals surface area contributed by atoms with E-state index in [4.69, 9.17) is 0 Å². The van der Waals surface area contributed by atoms with Crippen LogP contribution in [0.3, 0.4) is 0 Å². The minimum absolute atomic E-state index is 0.125. The molecule has 1 N–H and O–H groups in total. The summed E-state index contributed by atoms with van der Waals surface area (Å²) in [6.45, 7) is 1.52. The number of anilines is 1. The minimum Gasteiger partial charge on any atom is -0.357 e. The summed E-state index contributed by atoms with van der Waals surface area (Å²) in [5.41, 5.74) is 0. The molecule has 1 aromatic heterocycles. The molecular formula is C12H21N5O2S. The third kappa shape index (κ3) is 3.08. The number of aromatic nitrogens is 2. The monoisotopic (exact) mass is 299 g/mol. The van der Waals surface area contributed by atoms with E-state index in [2.05, 4.69) is 20.2 Å². The van der Waals surface area contributed by atoms with Gasteiger partial charge in [0.1, 0.15) is 4.90 Å². The second-order valence-electron chi connectivity index (χ2n) is 5.05. The molecule has 0 aliphatic carbocycles. The third-order valence-corrected chi connectivity index (χ3v) is 5.48. The molecule has 1 atom stereocenters. The average molecular weight is 299 g/mol. The number of sulfonamides is 1. The lowest BCUT2D eigenvalue weighted by Gasteiger charge is -2.25. The van der Waals surface area contributed by atoms with Gasteiger partial charge in [-0.05, 0) is 26.4 Å². The molecule has 1 aliphatic heterocycles. The summed E-state index contributed by atoms with van der Waals surface area (Å²) in [7, 11) is 1.80. The Morgan fingerprint density at radius 2 is 2.10 bits per heavy atom. The van der Waals surface area contributed by atoms with E-state index in [0.717, 1.165) is 19.4 Å². The number of hydrogen-bond acceptors (Lipinski definition) is 6. The van der Waals surface area contributed by atoms with Crippen molar-refractivity contribution < 1.29 is 8.42 Å². The molecule has 1 unspecified atom stereocenters. The van der Waals surface area contributed by atoms with Gasteiger partial charge < -0.3 is 10.2 Å². The lowest BCUT2D eigenvalue weighted by atomic mass is 10.2. The van der Waals surface area contributed by atoms with E-state index in [9.17, 15) is 8.42 Å². The Morgan fingerprint density at radius 3 is 2.60 bits per heavy atom. The molecule has 2 rings (SSSR count). The number of nitrogens with one attached hydrogen (secondary N) is 1. The lowest BCUT2D eigenvalue weighted by Crippen LogP contribution is -2.39. The molecule has 1 fully saturated rings. The molecule has 7 nitrogen and oxygen atoms in total. The van der Waals surface area contributed by atoms with Crippen molar-refractivity contribution in [1.29, 1.82) is 0 Å². The smallest absolute Gasteiger partial charge is 0.245 e. The summed E-state index contributed by atoms with van der Waals surface area (Å²) >= 11 is 0. The van der Waals surface area contributed by atoms with Crippen molar-refractivity contribution in [3.63, 3.8) is 0 Å². The van der Waals surface area contributed by atoms with Gasteiger partial charge in [0.2, 0.25) is 16.0 Å². The molecule has 0 aromatic carbocycles. The van der Waals surface area contributed by atoms with Crippen LogP contribution in [0.1, 0.15) is 12.8 Å². The van der Waals surface area contributed by atoms with Crippen molar-refractivity contribution in [2.45, 2.75) is 23.8 Å². The van der Waals surface area contributed by atoms with Crippen molar-refractivity contribution in [2.24, 2.45) is 0 Å². The van der Waals surface area contributed by atoms with E-state index in [1.165, 1.54) is 16.7 Å². The van der Waals surface area contributed by atoms with Gasteiger partial charge in [0.05, 0.1) is 12.4 Å². The Labute approximate surface area is 120 Å². The molecule has 1 aliphatic rings. The first-order valence-electron chi connectivity index (χ1n) is 6.61. The number of likely N-dealkylation sites (N-methyl/N-ethyl adjacent to an activating group) is 2. The zero-order chi connectivity index (χ0) is 14.8. The normalized spacial score (nSPS) is 20.5. The Bertz CT molecular complexity index is 545. The van der Waals surface area contributed by atoms with E-state index in [1.807, 2.05) is 7.05 Å². The van der Waals surface area contributed by atoms with Crippen LogP contribution in [0, 0.1) is 0 Å². The molecule has 0 radical (unpaired) electrons. The Hall–Kier alpha value is -1.25. The van der Waals surface area contributed by atoms with Crippen LogP contribution in [0.2, 0.25) is 0 Å². The molecule has 112 valence electrons. The summed E-state index contributed by atoms with van der Waals surface area (Å²) in [4.78, 5) is 10.2. The molecule has 8 heteroatoms. The highest BCUT2D eigenvalue weighted by Gasteiger charge is 2.28. The lowest BCUT2D eigenvalue weighted by molar-refractivity contribution is 0.271. The van der Waals surface area contributed by atoms with E-state index in [0.29, 0.717) is 12.5 Å². The van der Waals surface area contributed by atoms with Crippen LogP contribution in [0.5, 0.6) is 0 Å². The molecule has 0 bridgehead atoms. The Kier molecular flexibility index (Phi) is 4.56. The quantitative estimate of drug-likeness (QED) is 0.839. The van der Waals surface area contributed by atoms with E-state index >= 15 is 0 Å². The summed E-state index contributed by atoms with van der Waals surface area (Å²) < 4.78 is 26.3. The zero-order valence-electron chi connectivity index (χ0n) is 12.1. The van der Waals surface area contributed by atoms with Crippen LogP contribution in [0.25, 0.3) is 0 Å². The van der Waals surface area contributed by atoms with Crippen molar-refractivity contribution in [1.82, 2.24) is 19.2 Å². The number of likely N-dealkylation sites (tertiary alicyclic amines) is 1. The van der Waals surface area contributed by atoms with Crippen molar-refractivity contribution in [3.05, 3.63) is 12.4 Å². The van der Waals surface area contributed by atoms with Crippen molar-refractivity contribution >= 4 is 16.0 Å². The van der Waals surface area contributed by atoms with E-state index < -0.39 is 10.0 Å². The molecule has 0 saturated carbocycles. The predicted octanol–water partition coefficient (Wildman–Crippen LogP) is 0.233. The van der Waals surface area contributed by atoms with Gasteiger partial charge in [-0.25, -0.2) is 18.4 Å². The van der Waals surface area contributed by atoms with Crippen molar-refractivity contribution in [2.75, 3.05) is 39.5 Å². The van der Waals surface area contributed by atoms with Crippen LogP contribution in [-0.2, 0) is 10.0 Å². The molecule has 0 amide bonds. The first-order valence-corrected chi connectivity index (χ1v) is 8.05. The fraction of sp³-hybridized carbons (Fsp3) is 0.667. The standard InChI is InChI=1S/C12H21N5O2S/c1-13-12-14-7-11(8-15-12)20(18,19)17(3)9-10-5-4-6-16(10)2/h7-8,10H,4-6,9H2,1-3H3,(H,13,14,15). The number of rotatable bonds is 5. The average Bonchev–Trinajstić information content (AvgIpc) is 2.84. The topological polar surface area (TPSA) is 78.4 Å². The maximum atomic E-state index is 12.4. The predicted molar refractivity (Wildman–Crippen MR) is 77.0 cm³/mol. The molecule has 1 aromatic rings. The molecule has 1 saturated heterocycles. The van der Waals surface area contributed by atoms with Crippen LogP contribution in [0.4, 0.5) is 5.95 Å². The van der Waals surface area contributed by atoms with Crippen molar-refractivity contribution in [3.8, 4) is 0 Å². The fourth-order valence-electron chi connectivity index (χ4n) is 2.36. The highest BCUT2D eigenvalue weighted by molar-refractivity contribution is 7.89. The first-order chi connectivity index (χ1) is 9.45. The molecular weight excluding hydrogens is 278 g/mol. The number of hydrogen-bond donors (Lipinski definition) is 1. The third-order valence-electron chi connectivity index (χ3n) is 3.70. The molecule has 0 spiro atoms. The maximum Gasteiger partial charge on any atom is 0.245 e. The van der Waals surface area contributed by atoms with Gasteiger partial charge >= 0.3 is 0 Å². The highest BCUT2D eigenvalue weighted by atomic mass is 32.2. The highest BCUT2D eigenvalue weighted by Crippen LogP contribution is 2.19. The van der Waals surface area contributed by atoms with Gasteiger partial charge in [-0.15, -0.1) is 0 Å². The van der Waals surface area contributed by atoms with Gasteiger partial charge in [0.15, 0.2) is 0 Å². The van der Waals surface area contributed by atoms with Gasteiger partial charge in [-0.3, -0.25) is 0 Å². The van der Waals surface area contributed by atoms with E-state index in [-0.39, 0.29) is 10.9 Å². The summed E-state index contributed by atoms with van der Waals surface area (Å²) in [6.07, 6.45) is 4.83. The second kappa shape index (κ2) is 6.02. The maximum absolute atomic E-state index is 12.4. The van der Waals surface area contributed by atoms with Crippen LogP contribution >= 0.6 is 0 Å². The van der Waals surface area contributed by atoms with Gasteiger partial charge in [-0.2, -0.15) is 4.31 Å². The van der Waals surface area contributed by atoms with E-state index in [1.54, 1.807) is 14.1 Å².